The van der Waals surface area contributed by atoms with Gasteiger partial charge in [-0.25, -0.2) is 0 Å². The molecular formula is C17H28N4O10. The molecule has 3 amide bonds. The van der Waals surface area contributed by atoms with Crippen molar-refractivity contribution in [1.29, 1.82) is 0 Å². The van der Waals surface area contributed by atoms with Gasteiger partial charge >= 0.3 is 17.9 Å². The van der Waals surface area contributed by atoms with Crippen LogP contribution in [0.4, 0.5) is 0 Å². The minimum atomic E-state index is -1.60. The van der Waals surface area contributed by atoms with Crippen LogP contribution in [0.2, 0.25) is 0 Å². The average Bonchev–Trinajstić information content (AvgIpc) is 2.65. The van der Waals surface area contributed by atoms with Gasteiger partial charge in [-0.15, -0.1) is 0 Å². The Hall–Kier alpha value is -3.26. The van der Waals surface area contributed by atoms with Gasteiger partial charge in [0.25, 0.3) is 0 Å². The Morgan fingerprint density at radius 1 is 0.774 bits per heavy atom. The molecule has 14 nitrogen and oxygen atoms in total. The molecule has 0 aliphatic rings. The summed E-state index contributed by atoms with van der Waals surface area (Å²) in [6, 6.07) is -5.67. The fraction of sp³-hybridized carbons (Fsp3) is 0.647. The minimum Gasteiger partial charge on any atom is -0.481 e. The second-order valence-electron chi connectivity index (χ2n) is 6.83. The van der Waals surface area contributed by atoms with Crippen molar-refractivity contribution in [3.63, 3.8) is 0 Å². The standard InChI is InChI=1S/C17H28N4O10/c1-7(17(30)31)19-16(29)13(8(2)22)21-15(28)10(4-6-12(25)26)20-14(27)9(18)3-5-11(23)24/h7-10,13,22H,3-6,18H2,1-2H3,(H,19,29)(H,20,27)(H,21,28)(H,23,24)(H,25,26)(H,30,31). The number of carbonyl (C=O) groups excluding carboxylic acids is 3. The van der Waals surface area contributed by atoms with Crippen LogP contribution in [0.3, 0.4) is 0 Å². The van der Waals surface area contributed by atoms with Gasteiger partial charge in [-0.1, -0.05) is 0 Å². The highest BCUT2D eigenvalue weighted by Gasteiger charge is 2.32. The Morgan fingerprint density at radius 2 is 1.29 bits per heavy atom. The molecule has 0 bridgehead atoms. The van der Waals surface area contributed by atoms with Crippen molar-refractivity contribution in [2.24, 2.45) is 5.73 Å². The minimum absolute atomic E-state index is 0.236. The molecule has 14 heteroatoms. The van der Waals surface area contributed by atoms with Crippen LogP contribution in [-0.2, 0) is 28.8 Å². The van der Waals surface area contributed by atoms with Crippen LogP contribution in [0.15, 0.2) is 0 Å². The first kappa shape index (κ1) is 27.7. The normalized spacial score (nSPS) is 15.5. The first-order valence-electron chi connectivity index (χ1n) is 9.27. The number of carbonyl (C=O) groups is 6. The molecule has 5 unspecified atom stereocenters. The summed E-state index contributed by atoms with van der Waals surface area (Å²) in [4.78, 5) is 69.2. The number of amides is 3. The van der Waals surface area contributed by atoms with Crippen molar-refractivity contribution in [1.82, 2.24) is 16.0 Å². The lowest BCUT2D eigenvalue weighted by Gasteiger charge is -2.25. The zero-order valence-electron chi connectivity index (χ0n) is 17.0. The van der Waals surface area contributed by atoms with Gasteiger partial charge in [0.1, 0.15) is 18.1 Å². The van der Waals surface area contributed by atoms with E-state index < -0.39 is 85.2 Å². The SMILES string of the molecule is CC(NC(=O)C(NC(=O)C(CCC(=O)O)NC(=O)C(N)CCC(=O)O)C(C)O)C(=O)O. The second kappa shape index (κ2) is 13.1. The number of carboxylic acid groups (broad SMARTS) is 3. The first-order chi connectivity index (χ1) is 14.3. The molecule has 0 aliphatic carbocycles. The van der Waals surface area contributed by atoms with Crippen LogP contribution in [0.5, 0.6) is 0 Å². The summed E-state index contributed by atoms with van der Waals surface area (Å²) in [5.41, 5.74) is 5.57. The van der Waals surface area contributed by atoms with E-state index in [4.69, 9.17) is 21.1 Å². The Bertz CT molecular complexity index is 696. The summed E-state index contributed by atoms with van der Waals surface area (Å²) in [5.74, 6) is -6.77. The maximum atomic E-state index is 12.6. The van der Waals surface area contributed by atoms with Crippen molar-refractivity contribution in [2.45, 2.75) is 69.8 Å². The molecule has 0 fully saturated rings. The van der Waals surface area contributed by atoms with E-state index in [1.807, 2.05) is 0 Å². The van der Waals surface area contributed by atoms with Gasteiger partial charge in [0.2, 0.25) is 17.7 Å². The van der Waals surface area contributed by atoms with E-state index >= 15 is 0 Å². The van der Waals surface area contributed by atoms with Crippen LogP contribution >= 0.6 is 0 Å². The first-order valence-corrected chi connectivity index (χ1v) is 9.27. The van der Waals surface area contributed by atoms with Crippen LogP contribution < -0.4 is 21.7 Å². The Morgan fingerprint density at radius 3 is 1.74 bits per heavy atom. The lowest BCUT2D eigenvalue weighted by atomic mass is 10.1. The number of aliphatic carboxylic acids is 3. The smallest absolute Gasteiger partial charge is 0.325 e. The number of aliphatic hydroxyl groups is 1. The third kappa shape index (κ3) is 10.9. The van der Waals surface area contributed by atoms with Crippen molar-refractivity contribution in [3.8, 4) is 0 Å². The van der Waals surface area contributed by atoms with Crippen molar-refractivity contribution < 1.29 is 49.2 Å². The van der Waals surface area contributed by atoms with E-state index in [2.05, 4.69) is 16.0 Å². The highest BCUT2D eigenvalue weighted by Crippen LogP contribution is 2.04. The molecule has 0 saturated carbocycles. The Labute approximate surface area is 177 Å². The van der Waals surface area contributed by atoms with E-state index in [1.165, 1.54) is 0 Å². The molecule has 0 aromatic carbocycles. The Balaban J connectivity index is 5.32. The topological polar surface area (TPSA) is 245 Å². The zero-order chi connectivity index (χ0) is 24.3. The molecule has 0 heterocycles. The molecule has 5 atom stereocenters. The van der Waals surface area contributed by atoms with E-state index in [9.17, 15) is 33.9 Å². The molecule has 0 aromatic heterocycles. The number of hydrogen-bond acceptors (Lipinski definition) is 8. The maximum absolute atomic E-state index is 12.6. The van der Waals surface area contributed by atoms with E-state index in [0.29, 0.717) is 0 Å². The lowest BCUT2D eigenvalue weighted by Crippen LogP contribution is -2.59. The lowest BCUT2D eigenvalue weighted by molar-refractivity contribution is -0.142. The number of rotatable bonds is 14. The quantitative estimate of drug-likeness (QED) is 0.133. The van der Waals surface area contributed by atoms with Crippen molar-refractivity contribution in [2.75, 3.05) is 0 Å². The molecule has 0 aromatic rings. The third-order valence-electron chi connectivity index (χ3n) is 4.08. The van der Waals surface area contributed by atoms with E-state index in [0.717, 1.165) is 13.8 Å². The van der Waals surface area contributed by atoms with Gasteiger partial charge < -0.3 is 42.1 Å². The summed E-state index contributed by atoms with van der Waals surface area (Å²) in [6.07, 6.45) is -3.03. The van der Waals surface area contributed by atoms with E-state index in [1.54, 1.807) is 0 Å². The van der Waals surface area contributed by atoms with Gasteiger partial charge in [-0.05, 0) is 26.7 Å². The van der Waals surface area contributed by atoms with Gasteiger partial charge in [0, 0.05) is 12.8 Å². The van der Waals surface area contributed by atoms with Gasteiger partial charge in [-0.2, -0.15) is 0 Å². The van der Waals surface area contributed by atoms with Gasteiger partial charge in [0.05, 0.1) is 12.1 Å². The number of nitrogens with two attached hydrogens (primary N) is 1. The van der Waals surface area contributed by atoms with Gasteiger partial charge in [-0.3, -0.25) is 28.8 Å². The average molecular weight is 448 g/mol. The fourth-order valence-electron chi connectivity index (χ4n) is 2.25. The number of hydrogen-bond donors (Lipinski definition) is 8. The van der Waals surface area contributed by atoms with Crippen LogP contribution in [0.1, 0.15) is 39.5 Å². The summed E-state index contributed by atoms with van der Waals surface area (Å²) >= 11 is 0. The highest BCUT2D eigenvalue weighted by molar-refractivity contribution is 5.94. The number of aliphatic hydroxyl groups excluding tert-OH is 1. The third-order valence-corrected chi connectivity index (χ3v) is 4.08. The maximum Gasteiger partial charge on any atom is 0.325 e. The van der Waals surface area contributed by atoms with Crippen LogP contribution in [0, 0.1) is 0 Å². The largest absolute Gasteiger partial charge is 0.481 e. The van der Waals surface area contributed by atoms with Crippen LogP contribution in [-0.4, -0.2) is 86.3 Å². The summed E-state index contributed by atoms with van der Waals surface area (Å²) in [7, 11) is 0. The molecule has 176 valence electrons. The predicted molar refractivity (Wildman–Crippen MR) is 102 cm³/mol. The van der Waals surface area contributed by atoms with Crippen molar-refractivity contribution >= 4 is 35.6 Å². The number of nitrogens with one attached hydrogen (secondary N) is 3. The van der Waals surface area contributed by atoms with Crippen molar-refractivity contribution in [3.05, 3.63) is 0 Å². The zero-order valence-corrected chi connectivity index (χ0v) is 17.0. The molecule has 0 rings (SSSR count). The van der Waals surface area contributed by atoms with Crippen LogP contribution in [0.25, 0.3) is 0 Å². The van der Waals surface area contributed by atoms with E-state index in [-0.39, 0.29) is 6.42 Å². The summed E-state index contributed by atoms with van der Waals surface area (Å²) in [6.45, 7) is 2.32. The second-order valence-corrected chi connectivity index (χ2v) is 6.83. The number of carboxylic acids is 3. The monoisotopic (exact) mass is 448 g/mol. The molecule has 0 saturated heterocycles. The summed E-state index contributed by atoms with van der Waals surface area (Å²) in [5, 5.41) is 42.6. The predicted octanol–water partition coefficient (Wildman–Crippen LogP) is -3.02. The van der Waals surface area contributed by atoms with Gasteiger partial charge in [0.15, 0.2) is 0 Å². The Kier molecular flexibility index (Phi) is 11.7. The molecule has 0 radical (unpaired) electrons. The highest BCUT2D eigenvalue weighted by atomic mass is 16.4. The summed E-state index contributed by atoms with van der Waals surface area (Å²) < 4.78 is 0. The fourth-order valence-corrected chi connectivity index (χ4v) is 2.25. The molecule has 9 N–H and O–H groups in total. The molecule has 31 heavy (non-hydrogen) atoms. The molecule has 0 spiro atoms. The molecule has 0 aliphatic heterocycles. The molecular weight excluding hydrogens is 420 g/mol.